The molecule has 2 rings (SSSR count). The normalized spacial score (nSPS) is 21.6. The van der Waals surface area contributed by atoms with Crippen LogP contribution in [0.3, 0.4) is 0 Å². The molecule has 1 N–H and O–H groups in total. The number of nitrogens with zero attached hydrogens (tertiary/aromatic N) is 1. The average Bonchev–Trinajstić information content (AvgIpc) is 2.58. The van der Waals surface area contributed by atoms with E-state index in [1.54, 1.807) is 19.9 Å². The summed E-state index contributed by atoms with van der Waals surface area (Å²) in [5, 5.41) is 3.23. The van der Waals surface area contributed by atoms with E-state index >= 15 is 0 Å². The Morgan fingerprint density at radius 1 is 1.44 bits per heavy atom. The van der Waals surface area contributed by atoms with E-state index in [0.717, 1.165) is 0 Å². The Labute approximate surface area is 114 Å². The number of sulfonamides is 1. The van der Waals surface area contributed by atoms with E-state index in [4.69, 9.17) is 4.42 Å². The van der Waals surface area contributed by atoms with Crippen LogP contribution in [-0.4, -0.2) is 38.4 Å². The van der Waals surface area contributed by atoms with Crippen LogP contribution < -0.4 is 5.32 Å². The fourth-order valence-corrected chi connectivity index (χ4v) is 3.87. The highest BCUT2D eigenvalue weighted by atomic mass is 35.5. The Bertz CT molecular complexity index is 512. The number of hydrogen-bond donors (Lipinski definition) is 1. The molecule has 5 nitrogen and oxygen atoms in total. The molecule has 0 amide bonds. The van der Waals surface area contributed by atoms with Gasteiger partial charge in [0, 0.05) is 25.7 Å². The fourth-order valence-electron chi connectivity index (χ4n) is 2.12. The average molecular weight is 295 g/mol. The predicted octanol–water partition coefficient (Wildman–Crippen LogP) is 1.30. The van der Waals surface area contributed by atoms with Gasteiger partial charge in [-0.25, -0.2) is 8.42 Å². The van der Waals surface area contributed by atoms with Gasteiger partial charge in [0.2, 0.25) is 10.0 Å². The molecule has 1 aromatic heterocycles. The molecule has 1 aliphatic rings. The molecule has 1 atom stereocenters. The molecule has 104 valence electrons. The molecular weight excluding hydrogens is 276 g/mol. The van der Waals surface area contributed by atoms with Gasteiger partial charge >= 0.3 is 0 Å². The Kier molecular flexibility index (Phi) is 4.83. The molecule has 1 aromatic rings. The lowest BCUT2D eigenvalue weighted by atomic mass is 10.3. The number of halogens is 1. The van der Waals surface area contributed by atoms with Crippen molar-refractivity contribution in [2.75, 3.05) is 19.6 Å². The van der Waals surface area contributed by atoms with Crippen molar-refractivity contribution in [2.24, 2.45) is 0 Å². The summed E-state index contributed by atoms with van der Waals surface area (Å²) in [4.78, 5) is 0.295. The van der Waals surface area contributed by atoms with Gasteiger partial charge in [0.05, 0.1) is 0 Å². The lowest BCUT2D eigenvalue weighted by Crippen LogP contribution is -2.51. The Hall–Kier alpha value is -0.560. The summed E-state index contributed by atoms with van der Waals surface area (Å²) in [7, 11) is -3.41. The van der Waals surface area contributed by atoms with Gasteiger partial charge in [0.25, 0.3) is 0 Å². The molecule has 1 saturated heterocycles. The third-order valence-electron chi connectivity index (χ3n) is 2.94. The van der Waals surface area contributed by atoms with Crippen LogP contribution in [-0.2, 0) is 10.0 Å². The minimum atomic E-state index is -3.41. The van der Waals surface area contributed by atoms with Crippen LogP contribution in [0.1, 0.15) is 18.4 Å². The molecule has 1 aliphatic heterocycles. The van der Waals surface area contributed by atoms with Crippen LogP contribution in [0.15, 0.2) is 15.4 Å². The maximum absolute atomic E-state index is 12.4. The molecule has 0 spiro atoms. The molecule has 1 unspecified atom stereocenters. The zero-order valence-electron chi connectivity index (χ0n) is 10.8. The third-order valence-corrected chi connectivity index (χ3v) is 4.92. The number of hydrogen-bond acceptors (Lipinski definition) is 4. The summed E-state index contributed by atoms with van der Waals surface area (Å²) in [6, 6.07) is 1.78. The molecule has 0 aliphatic carbocycles. The third kappa shape index (κ3) is 2.88. The summed E-state index contributed by atoms with van der Waals surface area (Å²) in [6.07, 6.45) is 0. The summed E-state index contributed by atoms with van der Waals surface area (Å²) in [6.45, 7) is 7.13. The largest absolute Gasteiger partial charge is 0.465 e. The number of piperazine rings is 1. The summed E-state index contributed by atoms with van der Waals surface area (Å²) in [5.74, 6) is 1.10. The molecular formula is C11H19ClN2O3S. The van der Waals surface area contributed by atoms with Crippen molar-refractivity contribution < 1.29 is 12.8 Å². The van der Waals surface area contributed by atoms with Gasteiger partial charge in [-0.2, -0.15) is 4.31 Å². The van der Waals surface area contributed by atoms with Crippen LogP contribution in [0.25, 0.3) is 0 Å². The zero-order chi connectivity index (χ0) is 12.6. The standard InChI is InChI=1S/C11H18N2O3S.ClH/c1-8-7-13(5-4-12-8)17(14,15)11-6-9(2)16-10(11)3;/h6,8,12H,4-5,7H2,1-3H3;1H. The second-order valence-corrected chi connectivity index (χ2v) is 6.40. The highest BCUT2D eigenvalue weighted by Gasteiger charge is 2.31. The lowest BCUT2D eigenvalue weighted by molar-refractivity contribution is 0.309. The monoisotopic (exact) mass is 294 g/mol. The van der Waals surface area contributed by atoms with Crippen molar-refractivity contribution in [2.45, 2.75) is 31.7 Å². The first-order valence-corrected chi connectivity index (χ1v) is 7.16. The number of furan rings is 1. The van der Waals surface area contributed by atoms with E-state index in [-0.39, 0.29) is 18.4 Å². The van der Waals surface area contributed by atoms with Gasteiger partial charge in [-0.3, -0.25) is 0 Å². The first-order valence-electron chi connectivity index (χ1n) is 5.72. The van der Waals surface area contributed by atoms with Gasteiger partial charge in [-0.1, -0.05) is 0 Å². The van der Waals surface area contributed by atoms with Crippen LogP contribution in [0, 0.1) is 13.8 Å². The molecule has 18 heavy (non-hydrogen) atoms. The lowest BCUT2D eigenvalue weighted by Gasteiger charge is -2.30. The molecule has 2 heterocycles. The predicted molar refractivity (Wildman–Crippen MR) is 71.7 cm³/mol. The van der Waals surface area contributed by atoms with Gasteiger partial charge in [0.15, 0.2) is 0 Å². The van der Waals surface area contributed by atoms with E-state index in [9.17, 15) is 8.42 Å². The van der Waals surface area contributed by atoms with E-state index in [1.807, 2.05) is 6.92 Å². The second kappa shape index (κ2) is 5.61. The van der Waals surface area contributed by atoms with Crippen molar-refractivity contribution in [3.05, 3.63) is 17.6 Å². The summed E-state index contributed by atoms with van der Waals surface area (Å²) in [5.41, 5.74) is 0. The van der Waals surface area contributed by atoms with E-state index in [2.05, 4.69) is 5.32 Å². The van der Waals surface area contributed by atoms with E-state index in [0.29, 0.717) is 36.1 Å². The summed E-state index contributed by atoms with van der Waals surface area (Å²) >= 11 is 0. The van der Waals surface area contributed by atoms with E-state index in [1.165, 1.54) is 4.31 Å². The minimum Gasteiger partial charge on any atom is -0.465 e. The first kappa shape index (κ1) is 15.5. The highest BCUT2D eigenvalue weighted by Crippen LogP contribution is 2.23. The van der Waals surface area contributed by atoms with Gasteiger partial charge in [-0.15, -0.1) is 12.4 Å². The molecule has 0 radical (unpaired) electrons. The smallest absolute Gasteiger partial charge is 0.246 e. The van der Waals surface area contributed by atoms with Crippen LogP contribution in [0.4, 0.5) is 0 Å². The van der Waals surface area contributed by atoms with Gasteiger partial charge in [-0.05, 0) is 26.8 Å². The molecule has 0 saturated carbocycles. The van der Waals surface area contributed by atoms with Crippen LogP contribution in [0.5, 0.6) is 0 Å². The molecule has 0 bridgehead atoms. The zero-order valence-corrected chi connectivity index (χ0v) is 12.4. The Morgan fingerprint density at radius 3 is 2.61 bits per heavy atom. The minimum absolute atomic E-state index is 0. The number of nitrogens with one attached hydrogen (secondary N) is 1. The Balaban J connectivity index is 0.00000162. The number of rotatable bonds is 2. The van der Waals surface area contributed by atoms with E-state index < -0.39 is 10.0 Å². The fraction of sp³-hybridized carbons (Fsp3) is 0.636. The van der Waals surface area contributed by atoms with Crippen LogP contribution >= 0.6 is 12.4 Å². The SMILES string of the molecule is Cc1cc(S(=O)(=O)N2CCNC(C)C2)c(C)o1.Cl. The van der Waals surface area contributed by atoms with Gasteiger partial charge < -0.3 is 9.73 Å². The molecule has 7 heteroatoms. The molecule has 0 aromatic carbocycles. The summed E-state index contributed by atoms with van der Waals surface area (Å²) < 4.78 is 31.6. The molecule has 1 fully saturated rings. The van der Waals surface area contributed by atoms with Crippen LogP contribution in [0.2, 0.25) is 0 Å². The van der Waals surface area contributed by atoms with Crippen molar-refractivity contribution in [1.82, 2.24) is 9.62 Å². The Morgan fingerprint density at radius 2 is 2.11 bits per heavy atom. The topological polar surface area (TPSA) is 62.6 Å². The maximum Gasteiger partial charge on any atom is 0.246 e. The first-order chi connectivity index (χ1) is 7.91. The second-order valence-electron chi connectivity index (χ2n) is 4.50. The van der Waals surface area contributed by atoms with Crippen molar-refractivity contribution >= 4 is 22.4 Å². The highest BCUT2D eigenvalue weighted by molar-refractivity contribution is 7.89. The van der Waals surface area contributed by atoms with Gasteiger partial charge in [0.1, 0.15) is 16.4 Å². The number of aryl methyl sites for hydroxylation is 2. The van der Waals surface area contributed by atoms with Crippen molar-refractivity contribution in [3.63, 3.8) is 0 Å². The maximum atomic E-state index is 12.4. The van der Waals surface area contributed by atoms with Crippen molar-refractivity contribution in [3.8, 4) is 0 Å². The quantitative estimate of drug-likeness (QED) is 0.893. The van der Waals surface area contributed by atoms with Crippen molar-refractivity contribution in [1.29, 1.82) is 0 Å².